The van der Waals surface area contributed by atoms with Crippen molar-refractivity contribution in [3.8, 4) is 0 Å². The topological polar surface area (TPSA) is 36.4 Å². The molecule has 3 nitrogen and oxygen atoms in total. The average Bonchev–Trinajstić information content (AvgIpc) is 3.28. The first-order chi connectivity index (χ1) is 9.78. The van der Waals surface area contributed by atoms with Crippen LogP contribution in [0.2, 0.25) is 0 Å². The molecule has 2 N–H and O–H groups in total. The van der Waals surface area contributed by atoms with Crippen LogP contribution >= 0.6 is 11.8 Å². The number of nitrogens with one attached hydrogen (secondary N) is 2. The first kappa shape index (κ1) is 15.2. The van der Waals surface area contributed by atoms with Crippen LogP contribution in [0.15, 0.2) is 40.2 Å². The van der Waals surface area contributed by atoms with Crippen molar-refractivity contribution in [3.63, 3.8) is 0 Å². The van der Waals surface area contributed by atoms with Crippen LogP contribution in [0, 0.1) is 5.92 Å². The van der Waals surface area contributed by atoms with Crippen LogP contribution < -0.4 is 10.6 Å². The van der Waals surface area contributed by atoms with Gasteiger partial charge in [-0.15, -0.1) is 11.8 Å². The maximum Gasteiger partial charge on any atom is 0.191 e. The summed E-state index contributed by atoms with van der Waals surface area (Å²) >= 11 is 1.89. The summed E-state index contributed by atoms with van der Waals surface area (Å²) < 4.78 is 0. The van der Waals surface area contributed by atoms with E-state index in [4.69, 9.17) is 0 Å². The predicted molar refractivity (Wildman–Crippen MR) is 88.5 cm³/mol. The van der Waals surface area contributed by atoms with E-state index in [1.54, 1.807) is 0 Å². The van der Waals surface area contributed by atoms with Crippen molar-refractivity contribution < 1.29 is 0 Å². The molecule has 110 valence electrons. The highest BCUT2D eigenvalue weighted by molar-refractivity contribution is 8.00. The lowest BCUT2D eigenvalue weighted by Gasteiger charge is -2.15. The Morgan fingerprint density at radius 1 is 1.30 bits per heavy atom. The smallest absolute Gasteiger partial charge is 0.191 e. The molecule has 0 aliphatic heterocycles. The van der Waals surface area contributed by atoms with E-state index >= 15 is 0 Å². The molecule has 1 aromatic rings. The number of nitrogens with zero attached hydrogens (tertiary/aromatic N) is 1. The van der Waals surface area contributed by atoms with Gasteiger partial charge < -0.3 is 10.6 Å². The van der Waals surface area contributed by atoms with Crippen molar-refractivity contribution in [3.05, 3.63) is 30.3 Å². The van der Waals surface area contributed by atoms with Gasteiger partial charge in [-0.2, -0.15) is 0 Å². The summed E-state index contributed by atoms with van der Waals surface area (Å²) in [6, 6.07) is 10.5. The average molecular weight is 291 g/mol. The molecule has 2 rings (SSSR count). The van der Waals surface area contributed by atoms with Gasteiger partial charge in [0.05, 0.1) is 0 Å². The zero-order valence-electron chi connectivity index (χ0n) is 12.4. The van der Waals surface area contributed by atoms with Gasteiger partial charge >= 0.3 is 0 Å². The molecule has 0 saturated heterocycles. The Morgan fingerprint density at radius 3 is 2.70 bits per heavy atom. The first-order valence-corrected chi connectivity index (χ1v) is 8.32. The molecule has 0 radical (unpaired) electrons. The Balaban J connectivity index is 1.63. The minimum atomic E-state index is 0.513. The zero-order valence-corrected chi connectivity index (χ0v) is 13.2. The Bertz CT molecular complexity index is 415. The van der Waals surface area contributed by atoms with E-state index in [-0.39, 0.29) is 0 Å². The van der Waals surface area contributed by atoms with E-state index in [2.05, 4.69) is 52.9 Å². The van der Waals surface area contributed by atoms with Gasteiger partial charge in [0.1, 0.15) is 0 Å². The molecule has 1 fully saturated rings. The van der Waals surface area contributed by atoms with E-state index in [1.165, 1.54) is 24.2 Å². The summed E-state index contributed by atoms with van der Waals surface area (Å²) in [6.07, 6.45) is 4.10. The first-order valence-electron chi connectivity index (χ1n) is 7.44. The van der Waals surface area contributed by atoms with Gasteiger partial charge in [0.15, 0.2) is 5.96 Å². The number of thioether (sulfide) groups is 1. The van der Waals surface area contributed by atoms with E-state index < -0.39 is 0 Å². The summed E-state index contributed by atoms with van der Waals surface area (Å²) in [7, 11) is 1.83. The van der Waals surface area contributed by atoms with E-state index in [1.807, 2.05) is 18.8 Å². The fourth-order valence-electron chi connectivity index (χ4n) is 2.04. The van der Waals surface area contributed by atoms with Crippen molar-refractivity contribution in [1.29, 1.82) is 0 Å². The molecule has 0 heterocycles. The summed E-state index contributed by atoms with van der Waals surface area (Å²) in [5.41, 5.74) is 0. The second-order valence-corrected chi connectivity index (χ2v) is 6.87. The monoisotopic (exact) mass is 291 g/mol. The third-order valence-corrected chi connectivity index (χ3v) is 4.52. The van der Waals surface area contributed by atoms with Gasteiger partial charge in [0.25, 0.3) is 0 Å². The minimum absolute atomic E-state index is 0.513. The molecule has 0 aromatic heterocycles. The van der Waals surface area contributed by atoms with Crippen molar-refractivity contribution in [2.45, 2.75) is 36.3 Å². The van der Waals surface area contributed by atoms with Crippen LogP contribution in [-0.4, -0.2) is 31.3 Å². The number of rotatable bonds is 7. The van der Waals surface area contributed by atoms with Crippen LogP contribution in [-0.2, 0) is 0 Å². The van der Waals surface area contributed by atoms with Crippen molar-refractivity contribution in [1.82, 2.24) is 10.6 Å². The maximum absolute atomic E-state index is 4.27. The normalized spacial score (nSPS) is 16.8. The third-order valence-electron chi connectivity index (χ3n) is 3.40. The highest BCUT2D eigenvalue weighted by Gasteiger charge is 2.20. The Labute approximate surface area is 126 Å². The van der Waals surface area contributed by atoms with Gasteiger partial charge in [-0.1, -0.05) is 38.0 Å². The number of aliphatic imine (C=N–C) groups is 1. The van der Waals surface area contributed by atoms with Crippen molar-refractivity contribution in [2.24, 2.45) is 10.9 Å². The summed E-state index contributed by atoms with van der Waals surface area (Å²) in [6.45, 7) is 4.19. The van der Waals surface area contributed by atoms with Gasteiger partial charge in [0, 0.05) is 30.3 Å². The standard InChI is InChI=1S/C16H25N3S/c1-13(20-15-6-4-3-5-7-15)12-19-16(17-2)18-11-10-14-8-9-14/h3-7,13-14H,8-12H2,1-2H3,(H2,17,18,19). The highest BCUT2D eigenvalue weighted by atomic mass is 32.2. The van der Waals surface area contributed by atoms with Crippen LogP contribution in [0.5, 0.6) is 0 Å². The molecule has 0 amide bonds. The second-order valence-electron chi connectivity index (χ2n) is 5.35. The highest BCUT2D eigenvalue weighted by Crippen LogP contribution is 2.31. The van der Waals surface area contributed by atoms with Gasteiger partial charge in [0.2, 0.25) is 0 Å². The number of guanidine groups is 1. The van der Waals surface area contributed by atoms with Crippen LogP contribution in [0.3, 0.4) is 0 Å². The molecule has 1 aliphatic rings. The molecule has 1 unspecified atom stereocenters. The summed E-state index contributed by atoms with van der Waals surface area (Å²) in [4.78, 5) is 5.59. The molecule has 1 aromatic carbocycles. The summed E-state index contributed by atoms with van der Waals surface area (Å²) in [5.74, 6) is 1.89. The van der Waals surface area contributed by atoms with E-state index in [0.717, 1.165) is 25.0 Å². The largest absolute Gasteiger partial charge is 0.356 e. The van der Waals surface area contributed by atoms with Crippen LogP contribution in [0.25, 0.3) is 0 Å². The SMILES string of the molecule is CN=C(NCCC1CC1)NCC(C)Sc1ccccc1. The van der Waals surface area contributed by atoms with Gasteiger partial charge in [-0.05, 0) is 24.5 Å². The lowest BCUT2D eigenvalue weighted by atomic mass is 10.3. The van der Waals surface area contributed by atoms with Gasteiger partial charge in [-0.25, -0.2) is 0 Å². The minimum Gasteiger partial charge on any atom is -0.356 e. The third kappa shape index (κ3) is 5.87. The van der Waals surface area contributed by atoms with Crippen molar-refractivity contribution in [2.75, 3.05) is 20.1 Å². The van der Waals surface area contributed by atoms with Gasteiger partial charge in [-0.3, -0.25) is 4.99 Å². The maximum atomic E-state index is 4.27. The Kier molecular flexibility index (Phi) is 6.25. The molecule has 1 atom stereocenters. The molecule has 4 heteroatoms. The number of benzene rings is 1. The summed E-state index contributed by atoms with van der Waals surface area (Å²) in [5, 5.41) is 7.30. The quantitative estimate of drug-likeness (QED) is 0.460. The fraction of sp³-hybridized carbons (Fsp3) is 0.562. The number of hydrogen-bond acceptors (Lipinski definition) is 2. The zero-order chi connectivity index (χ0) is 14.2. The van der Waals surface area contributed by atoms with Crippen molar-refractivity contribution >= 4 is 17.7 Å². The molecule has 0 bridgehead atoms. The second kappa shape index (κ2) is 8.20. The van der Waals surface area contributed by atoms with Crippen LogP contribution in [0.4, 0.5) is 0 Å². The predicted octanol–water partition coefficient (Wildman–Crippen LogP) is 3.13. The van der Waals surface area contributed by atoms with Crippen LogP contribution in [0.1, 0.15) is 26.2 Å². The molecular formula is C16H25N3S. The molecule has 1 saturated carbocycles. The Morgan fingerprint density at radius 2 is 2.05 bits per heavy atom. The lowest BCUT2D eigenvalue weighted by molar-refractivity contribution is 0.683. The Hall–Kier alpha value is -1.16. The van der Waals surface area contributed by atoms with E-state index in [0.29, 0.717) is 5.25 Å². The molecular weight excluding hydrogens is 266 g/mol. The molecule has 20 heavy (non-hydrogen) atoms. The molecule has 0 spiro atoms. The lowest BCUT2D eigenvalue weighted by Crippen LogP contribution is -2.40. The number of hydrogen-bond donors (Lipinski definition) is 2. The fourth-order valence-corrected chi connectivity index (χ4v) is 2.98. The van der Waals surface area contributed by atoms with E-state index in [9.17, 15) is 0 Å². The molecule has 1 aliphatic carbocycles.